The Morgan fingerprint density at radius 1 is 1.12 bits per heavy atom. The van der Waals surface area contributed by atoms with E-state index >= 15 is 0 Å². The van der Waals surface area contributed by atoms with Gasteiger partial charge in [-0.15, -0.1) is 0 Å². The number of carbonyl (C=O) groups excluding carboxylic acids is 1. The lowest BCUT2D eigenvalue weighted by atomic mass is 10.1. The molecule has 0 saturated carbocycles. The van der Waals surface area contributed by atoms with Crippen molar-refractivity contribution in [3.05, 3.63) is 59.9 Å². The average Bonchev–Trinajstić information content (AvgIpc) is 3.14. The number of urea groups is 1. The number of anilines is 2. The molecule has 1 aliphatic heterocycles. The first-order chi connectivity index (χ1) is 15.5. The van der Waals surface area contributed by atoms with Crippen molar-refractivity contribution in [1.82, 2.24) is 15.1 Å². The number of methoxy groups -OCH3 is 1. The number of aryl methyl sites for hydroxylation is 1. The Hall–Kier alpha value is -3.55. The van der Waals surface area contributed by atoms with Gasteiger partial charge >= 0.3 is 6.03 Å². The first kappa shape index (κ1) is 21.7. The van der Waals surface area contributed by atoms with Gasteiger partial charge < -0.3 is 15.0 Å². The Kier molecular flexibility index (Phi) is 6.58. The number of halogens is 1. The molecule has 2 heterocycles. The zero-order chi connectivity index (χ0) is 22.5. The zero-order valence-corrected chi connectivity index (χ0v) is 18.4. The van der Waals surface area contributed by atoms with E-state index < -0.39 is 0 Å². The first-order valence-electron chi connectivity index (χ1n) is 10.8. The summed E-state index contributed by atoms with van der Waals surface area (Å²) >= 11 is 0. The highest BCUT2D eigenvalue weighted by molar-refractivity contribution is 5.95. The van der Waals surface area contributed by atoms with Crippen LogP contribution in [0.4, 0.5) is 20.7 Å². The molecule has 0 atom stereocenters. The van der Waals surface area contributed by atoms with Crippen molar-refractivity contribution >= 4 is 17.5 Å². The topological polar surface area (TPSA) is 71.4 Å². The molecule has 0 spiro atoms. The van der Waals surface area contributed by atoms with Crippen molar-refractivity contribution in [2.75, 3.05) is 30.4 Å². The Balaban J connectivity index is 1.57. The fourth-order valence-corrected chi connectivity index (χ4v) is 3.98. The standard InChI is InChI=1S/C24H28FN5O2/c1-29-23(27-24(31)26-16-17-9-11-20(32-2)12-10-17)22(30-13-4-3-5-14-30)21(28-29)18-7-6-8-19(25)15-18/h6-12,15H,3-5,13-14,16H2,1-2H3,(H2,26,27,31). The maximum absolute atomic E-state index is 13.9. The molecule has 0 radical (unpaired) electrons. The summed E-state index contributed by atoms with van der Waals surface area (Å²) < 4.78 is 20.7. The van der Waals surface area contributed by atoms with Gasteiger partial charge in [-0.1, -0.05) is 24.3 Å². The predicted molar refractivity (Wildman–Crippen MR) is 124 cm³/mol. The van der Waals surface area contributed by atoms with Gasteiger partial charge in [0.05, 0.1) is 7.11 Å². The number of hydrogen-bond donors (Lipinski definition) is 2. The van der Waals surface area contributed by atoms with Gasteiger partial charge in [0.2, 0.25) is 0 Å². The highest BCUT2D eigenvalue weighted by Crippen LogP contribution is 2.38. The van der Waals surface area contributed by atoms with Crippen molar-refractivity contribution in [3.8, 4) is 17.0 Å². The maximum atomic E-state index is 13.9. The lowest BCUT2D eigenvalue weighted by Crippen LogP contribution is -2.33. The second-order valence-electron chi connectivity index (χ2n) is 7.88. The molecule has 32 heavy (non-hydrogen) atoms. The summed E-state index contributed by atoms with van der Waals surface area (Å²) in [6.45, 7) is 2.12. The molecule has 1 aliphatic rings. The van der Waals surface area contributed by atoms with E-state index in [0.717, 1.165) is 42.9 Å². The second kappa shape index (κ2) is 9.72. The fraction of sp³-hybridized carbons (Fsp3) is 0.333. The van der Waals surface area contributed by atoms with Crippen molar-refractivity contribution < 1.29 is 13.9 Å². The number of rotatable bonds is 6. The van der Waals surface area contributed by atoms with E-state index in [1.54, 1.807) is 24.9 Å². The van der Waals surface area contributed by atoms with Crippen LogP contribution in [-0.4, -0.2) is 36.0 Å². The molecule has 2 amide bonds. The van der Waals surface area contributed by atoms with E-state index in [0.29, 0.717) is 23.6 Å². The number of aromatic nitrogens is 2. The summed E-state index contributed by atoms with van der Waals surface area (Å²) in [5, 5.41) is 10.5. The smallest absolute Gasteiger partial charge is 0.320 e. The van der Waals surface area contributed by atoms with Crippen LogP contribution >= 0.6 is 0 Å². The molecule has 3 aromatic rings. The minimum Gasteiger partial charge on any atom is -0.497 e. The molecule has 7 nitrogen and oxygen atoms in total. The van der Waals surface area contributed by atoms with E-state index in [2.05, 4.69) is 20.6 Å². The van der Waals surface area contributed by atoms with E-state index in [1.807, 2.05) is 30.3 Å². The van der Waals surface area contributed by atoms with E-state index in [9.17, 15) is 9.18 Å². The summed E-state index contributed by atoms with van der Waals surface area (Å²) in [5.41, 5.74) is 3.15. The van der Waals surface area contributed by atoms with Crippen LogP contribution in [0.5, 0.6) is 5.75 Å². The van der Waals surface area contributed by atoms with E-state index in [4.69, 9.17) is 4.74 Å². The predicted octanol–water partition coefficient (Wildman–Crippen LogP) is 4.55. The van der Waals surface area contributed by atoms with Gasteiger partial charge in [-0.05, 0) is 49.1 Å². The number of hydrogen-bond acceptors (Lipinski definition) is 4. The normalized spacial score (nSPS) is 13.7. The third-order valence-electron chi connectivity index (χ3n) is 5.64. The minimum atomic E-state index is -0.326. The van der Waals surface area contributed by atoms with E-state index in [-0.39, 0.29) is 11.8 Å². The van der Waals surface area contributed by atoms with Gasteiger partial charge in [0, 0.05) is 32.2 Å². The van der Waals surface area contributed by atoms with Crippen molar-refractivity contribution in [1.29, 1.82) is 0 Å². The zero-order valence-electron chi connectivity index (χ0n) is 18.4. The van der Waals surface area contributed by atoms with Crippen molar-refractivity contribution in [3.63, 3.8) is 0 Å². The molecule has 1 aromatic heterocycles. The molecule has 2 N–H and O–H groups in total. The van der Waals surface area contributed by atoms with Crippen LogP contribution in [-0.2, 0) is 13.6 Å². The quantitative estimate of drug-likeness (QED) is 0.594. The Morgan fingerprint density at radius 2 is 1.88 bits per heavy atom. The van der Waals surface area contributed by atoms with Crippen LogP contribution in [0.15, 0.2) is 48.5 Å². The largest absolute Gasteiger partial charge is 0.497 e. The van der Waals surface area contributed by atoms with Gasteiger partial charge in [-0.2, -0.15) is 5.10 Å². The first-order valence-corrected chi connectivity index (χ1v) is 10.8. The molecule has 4 rings (SSSR count). The molecular weight excluding hydrogens is 409 g/mol. The number of amides is 2. The van der Waals surface area contributed by atoms with Gasteiger partial charge in [-0.3, -0.25) is 5.32 Å². The molecule has 1 fully saturated rings. The van der Waals surface area contributed by atoms with Crippen LogP contribution in [0, 0.1) is 5.82 Å². The number of carbonyl (C=O) groups is 1. The third kappa shape index (κ3) is 4.85. The highest BCUT2D eigenvalue weighted by atomic mass is 19.1. The van der Waals surface area contributed by atoms with Crippen LogP contribution in [0.1, 0.15) is 24.8 Å². The molecule has 0 aliphatic carbocycles. The average molecular weight is 438 g/mol. The molecular formula is C24H28FN5O2. The van der Waals surface area contributed by atoms with Crippen LogP contribution in [0.3, 0.4) is 0 Å². The van der Waals surface area contributed by atoms with Crippen molar-refractivity contribution in [2.45, 2.75) is 25.8 Å². The van der Waals surface area contributed by atoms with Gasteiger partial charge in [0.1, 0.15) is 22.9 Å². The summed E-state index contributed by atoms with van der Waals surface area (Å²) in [6, 6.07) is 13.6. The number of piperidine rings is 1. The lowest BCUT2D eigenvalue weighted by molar-refractivity contribution is 0.251. The fourth-order valence-electron chi connectivity index (χ4n) is 3.98. The monoisotopic (exact) mass is 437 g/mol. The number of nitrogens with zero attached hydrogens (tertiary/aromatic N) is 3. The molecule has 0 unspecified atom stereocenters. The number of benzene rings is 2. The molecule has 1 saturated heterocycles. The molecule has 0 bridgehead atoms. The summed E-state index contributed by atoms with van der Waals surface area (Å²) in [4.78, 5) is 15.0. The number of ether oxygens (including phenoxy) is 1. The number of nitrogens with one attached hydrogen (secondary N) is 2. The summed E-state index contributed by atoms with van der Waals surface area (Å²) in [6.07, 6.45) is 3.32. The van der Waals surface area contributed by atoms with Crippen LogP contribution in [0.2, 0.25) is 0 Å². The highest BCUT2D eigenvalue weighted by Gasteiger charge is 2.25. The van der Waals surface area contributed by atoms with Gasteiger partial charge in [0.25, 0.3) is 0 Å². The Morgan fingerprint density at radius 3 is 2.56 bits per heavy atom. The summed E-state index contributed by atoms with van der Waals surface area (Å²) in [7, 11) is 3.40. The third-order valence-corrected chi connectivity index (χ3v) is 5.64. The molecule has 2 aromatic carbocycles. The minimum absolute atomic E-state index is 0.315. The second-order valence-corrected chi connectivity index (χ2v) is 7.88. The summed E-state index contributed by atoms with van der Waals surface area (Å²) in [5.74, 6) is 1.05. The molecule has 8 heteroatoms. The lowest BCUT2D eigenvalue weighted by Gasteiger charge is -2.29. The van der Waals surface area contributed by atoms with Gasteiger partial charge in [-0.25, -0.2) is 13.9 Å². The van der Waals surface area contributed by atoms with Gasteiger partial charge in [0.15, 0.2) is 5.82 Å². The Bertz CT molecular complexity index is 1070. The Labute approximate surface area is 187 Å². The van der Waals surface area contributed by atoms with E-state index in [1.165, 1.54) is 18.6 Å². The molecule has 168 valence electrons. The van der Waals surface area contributed by atoms with Crippen molar-refractivity contribution in [2.24, 2.45) is 7.05 Å². The van der Waals surface area contributed by atoms with Crippen LogP contribution in [0.25, 0.3) is 11.3 Å². The maximum Gasteiger partial charge on any atom is 0.320 e. The van der Waals surface area contributed by atoms with Crippen LogP contribution < -0.4 is 20.3 Å². The SMILES string of the molecule is COc1ccc(CNC(=O)Nc2c(N3CCCCC3)c(-c3cccc(F)c3)nn2C)cc1.